The lowest BCUT2D eigenvalue weighted by atomic mass is 9.79. The predicted octanol–water partition coefficient (Wildman–Crippen LogP) is 3.01. The van der Waals surface area contributed by atoms with Crippen LogP contribution < -0.4 is 0 Å². The standard InChI is InChI=1S/C11H21NO/c1-8(12)9-6-10(2,3)13-11(4,5)7-9/h9,12H,6-7H2,1-5H3. The number of hydrogen-bond donors (Lipinski definition) is 1. The zero-order valence-electron chi connectivity index (χ0n) is 9.40. The molecule has 0 aliphatic carbocycles. The lowest BCUT2D eigenvalue weighted by Gasteiger charge is -2.45. The Kier molecular flexibility index (Phi) is 2.54. The van der Waals surface area contributed by atoms with Crippen LogP contribution in [0.5, 0.6) is 0 Å². The Bertz CT molecular complexity index is 202. The summed E-state index contributed by atoms with van der Waals surface area (Å²) < 4.78 is 5.94. The summed E-state index contributed by atoms with van der Waals surface area (Å²) in [6.07, 6.45) is 1.96. The molecule has 0 amide bonds. The summed E-state index contributed by atoms with van der Waals surface area (Å²) in [6.45, 7) is 10.4. The molecule has 0 aromatic rings. The third kappa shape index (κ3) is 2.80. The van der Waals surface area contributed by atoms with Crippen LogP contribution in [0.15, 0.2) is 0 Å². The van der Waals surface area contributed by atoms with Crippen molar-refractivity contribution in [1.82, 2.24) is 0 Å². The fourth-order valence-electron chi connectivity index (χ4n) is 2.40. The maximum absolute atomic E-state index is 7.69. The molecular weight excluding hydrogens is 162 g/mol. The van der Waals surface area contributed by atoms with E-state index < -0.39 is 0 Å². The van der Waals surface area contributed by atoms with E-state index in [1.807, 2.05) is 6.92 Å². The molecule has 1 aliphatic rings. The van der Waals surface area contributed by atoms with E-state index in [0.717, 1.165) is 18.6 Å². The normalized spacial score (nSPS) is 27.2. The van der Waals surface area contributed by atoms with Crippen LogP contribution in [0.4, 0.5) is 0 Å². The highest BCUT2D eigenvalue weighted by Gasteiger charge is 2.39. The van der Waals surface area contributed by atoms with Crippen molar-refractivity contribution in [3.05, 3.63) is 0 Å². The minimum Gasteiger partial charge on any atom is -0.370 e. The molecule has 0 saturated carbocycles. The van der Waals surface area contributed by atoms with Crippen molar-refractivity contribution in [2.75, 3.05) is 0 Å². The maximum atomic E-state index is 7.69. The Morgan fingerprint density at radius 1 is 1.15 bits per heavy atom. The zero-order valence-corrected chi connectivity index (χ0v) is 9.40. The third-order valence-corrected chi connectivity index (χ3v) is 2.64. The van der Waals surface area contributed by atoms with Gasteiger partial charge in [0.05, 0.1) is 11.2 Å². The zero-order chi connectivity index (χ0) is 10.3. The van der Waals surface area contributed by atoms with E-state index in [9.17, 15) is 0 Å². The van der Waals surface area contributed by atoms with E-state index in [2.05, 4.69) is 27.7 Å². The van der Waals surface area contributed by atoms with Gasteiger partial charge in [0.25, 0.3) is 0 Å². The van der Waals surface area contributed by atoms with Gasteiger partial charge in [0.15, 0.2) is 0 Å². The minimum atomic E-state index is -0.0747. The second-order valence-electron chi connectivity index (χ2n) is 5.41. The first-order chi connectivity index (χ1) is 5.72. The van der Waals surface area contributed by atoms with E-state index in [-0.39, 0.29) is 11.2 Å². The Morgan fingerprint density at radius 2 is 1.54 bits per heavy atom. The number of hydrogen-bond acceptors (Lipinski definition) is 2. The number of ether oxygens (including phenoxy) is 1. The van der Waals surface area contributed by atoms with Crippen molar-refractivity contribution < 1.29 is 4.74 Å². The molecule has 0 bridgehead atoms. The average molecular weight is 183 g/mol. The second-order valence-corrected chi connectivity index (χ2v) is 5.41. The van der Waals surface area contributed by atoms with Crippen molar-refractivity contribution in [1.29, 1.82) is 5.41 Å². The minimum absolute atomic E-state index is 0.0747. The molecular formula is C11H21NO. The van der Waals surface area contributed by atoms with Crippen LogP contribution in [0.3, 0.4) is 0 Å². The van der Waals surface area contributed by atoms with Gasteiger partial charge in [-0.05, 0) is 47.5 Å². The molecule has 0 atom stereocenters. The molecule has 0 spiro atoms. The number of nitrogens with one attached hydrogen (secondary N) is 1. The molecule has 1 saturated heterocycles. The van der Waals surface area contributed by atoms with Gasteiger partial charge in [-0.3, -0.25) is 0 Å². The summed E-state index contributed by atoms with van der Waals surface area (Å²) in [5.41, 5.74) is 0.646. The molecule has 0 radical (unpaired) electrons. The lowest BCUT2D eigenvalue weighted by Crippen LogP contribution is -2.46. The third-order valence-electron chi connectivity index (χ3n) is 2.64. The van der Waals surface area contributed by atoms with Crippen molar-refractivity contribution in [2.45, 2.75) is 58.7 Å². The Morgan fingerprint density at radius 3 is 1.85 bits per heavy atom. The summed E-state index contributed by atoms with van der Waals surface area (Å²) >= 11 is 0. The first-order valence-corrected chi connectivity index (χ1v) is 4.97. The van der Waals surface area contributed by atoms with Gasteiger partial charge in [0.1, 0.15) is 0 Å². The molecule has 1 heterocycles. The fraction of sp³-hybridized carbons (Fsp3) is 0.909. The van der Waals surface area contributed by atoms with Crippen LogP contribution in [-0.4, -0.2) is 16.9 Å². The molecule has 0 aromatic carbocycles. The van der Waals surface area contributed by atoms with E-state index >= 15 is 0 Å². The van der Waals surface area contributed by atoms with Crippen LogP contribution in [0.1, 0.15) is 47.5 Å². The van der Waals surface area contributed by atoms with Crippen molar-refractivity contribution in [3.8, 4) is 0 Å². The summed E-state index contributed by atoms with van der Waals surface area (Å²) in [5, 5.41) is 7.69. The second kappa shape index (κ2) is 3.09. The molecule has 76 valence electrons. The highest BCUT2D eigenvalue weighted by atomic mass is 16.5. The molecule has 1 rings (SSSR count). The number of rotatable bonds is 1. The van der Waals surface area contributed by atoms with Gasteiger partial charge in [-0.1, -0.05) is 0 Å². The Labute approximate surface area is 81.2 Å². The van der Waals surface area contributed by atoms with Gasteiger partial charge in [0, 0.05) is 11.6 Å². The molecule has 13 heavy (non-hydrogen) atoms. The van der Waals surface area contributed by atoms with E-state index in [4.69, 9.17) is 10.1 Å². The predicted molar refractivity (Wildman–Crippen MR) is 55.4 cm³/mol. The highest BCUT2D eigenvalue weighted by Crippen LogP contribution is 2.38. The Hall–Kier alpha value is -0.370. The summed E-state index contributed by atoms with van der Waals surface area (Å²) in [5.74, 6) is 0.402. The molecule has 1 fully saturated rings. The van der Waals surface area contributed by atoms with Gasteiger partial charge >= 0.3 is 0 Å². The van der Waals surface area contributed by atoms with Gasteiger partial charge in [0.2, 0.25) is 0 Å². The van der Waals surface area contributed by atoms with E-state index in [1.54, 1.807) is 0 Å². The van der Waals surface area contributed by atoms with E-state index in [1.165, 1.54) is 0 Å². The molecule has 1 N–H and O–H groups in total. The monoisotopic (exact) mass is 183 g/mol. The average Bonchev–Trinajstić information content (AvgIpc) is 1.79. The molecule has 0 aromatic heterocycles. The molecule has 2 heteroatoms. The van der Waals surface area contributed by atoms with Crippen LogP contribution in [-0.2, 0) is 4.74 Å². The van der Waals surface area contributed by atoms with Crippen molar-refractivity contribution in [3.63, 3.8) is 0 Å². The smallest absolute Gasteiger partial charge is 0.0640 e. The van der Waals surface area contributed by atoms with Crippen LogP contribution >= 0.6 is 0 Å². The SMILES string of the molecule is CC(=N)C1CC(C)(C)OC(C)(C)C1. The van der Waals surface area contributed by atoms with Gasteiger partial charge in [-0.25, -0.2) is 0 Å². The summed E-state index contributed by atoms with van der Waals surface area (Å²) in [4.78, 5) is 0. The largest absolute Gasteiger partial charge is 0.370 e. The first kappa shape index (κ1) is 10.7. The van der Waals surface area contributed by atoms with Crippen LogP contribution in [0.2, 0.25) is 0 Å². The lowest BCUT2D eigenvalue weighted by molar-refractivity contribution is -0.164. The van der Waals surface area contributed by atoms with Gasteiger partial charge in [-0.2, -0.15) is 0 Å². The Balaban J connectivity index is 2.78. The van der Waals surface area contributed by atoms with E-state index in [0.29, 0.717) is 5.92 Å². The van der Waals surface area contributed by atoms with Gasteiger partial charge in [-0.15, -0.1) is 0 Å². The summed E-state index contributed by atoms with van der Waals surface area (Å²) in [7, 11) is 0. The highest BCUT2D eigenvalue weighted by molar-refractivity contribution is 5.81. The fourth-order valence-corrected chi connectivity index (χ4v) is 2.40. The van der Waals surface area contributed by atoms with Gasteiger partial charge < -0.3 is 10.1 Å². The quantitative estimate of drug-likeness (QED) is 0.623. The molecule has 0 unspecified atom stereocenters. The molecule has 1 aliphatic heterocycles. The maximum Gasteiger partial charge on any atom is 0.0640 e. The van der Waals surface area contributed by atoms with Crippen molar-refractivity contribution >= 4 is 5.71 Å². The van der Waals surface area contributed by atoms with Crippen molar-refractivity contribution in [2.24, 2.45) is 5.92 Å². The van der Waals surface area contributed by atoms with Crippen LogP contribution in [0.25, 0.3) is 0 Å². The first-order valence-electron chi connectivity index (χ1n) is 4.97. The summed E-state index contributed by atoms with van der Waals surface area (Å²) in [6, 6.07) is 0. The topological polar surface area (TPSA) is 33.1 Å². The van der Waals surface area contributed by atoms with Crippen LogP contribution in [0, 0.1) is 11.3 Å². The molecule has 2 nitrogen and oxygen atoms in total.